The third-order valence-electron chi connectivity index (χ3n) is 2.10. The van der Waals surface area contributed by atoms with Crippen molar-refractivity contribution in [1.82, 2.24) is 0 Å². The molecule has 0 saturated heterocycles. The highest BCUT2D eigenvalue weighted by molar-refractivity contribution is 5.88. The van der Waals surface area contributed by atoms with Crippen molar-refractivity contribution in [3.63, 3.8) is 0 Å². The molecule has 0 amide bonds. The van der Waals surface area contributed by atoms with E-state index in [2.05, 4.69) is 0 Å². The summed E-state index contributed by atoms with van der Waals surface area (Å²) in [5.74, 6) is -0.149. The van der Waals surface area contributed by atoms with E-state index in [9.17, 15) is 9.90 Å². The number of ketones is 1. The summed E-state index contributed by atoms with van der Waals surface area (Å²) in [7, 11) is 0. The molecule has 1 aromatic carbocycles. The van der Waals surface area contributed by atoms with Crippen LogP contribution in [0.1, 0.15) is 32.4 Å². The summed E-state index contributed by atoms with van der Waals surface area (Å²) in [6, 6.07) is 9.00. The first-order chi connectivity index (χ1) is 6.43. The molecule has 0 heterocycles. The van der Waals surface area contributed by atoms with E-state index in [1.165, 1.54) is 0 Å². The molecule has 1 rings (SSSR count). The Morgan fingerprint density at radius 1 is 1.21 bits per heavy atom. The second-order valence-electron chi connectivity index (χ2n) is 4.43. The molecule has 0 aliphatic rings. The summed E-state index contributed by atoms with van der Waals surface area (Å²) in [5, 5.41) is 9.78. The van der Waals surface area contributed by atoms with Crippen LogP contribution in [0.3, 0.4) is 0 Å². The molecule has 2 nitrogen and oxygen atoms in total. The predicted molar refractivity (Wildman–Crippen MR) is 55.9 cm³/mol. The van der Waals surface area contributed by atoms with Crippen molar-refractivity contribution >= 4 is 5.78 Å². The normalized spacial score (nSPS) is 13.7. The van der Waals surface area contributed by atoms with Gasteiger partial charge in [-0.1, -0.05) is 51.1 Å². The Balaban J connectivity index is 2.87. The lowest BCUT2D eigenvalue weighted by molar-refractivity contribution is -0.135. The first-order valence-electron chi connectivity index (χ1n) is 4.70. The maximum Gasteiger partial charge on any atom is 0.171 e. The summed E-state index contributed by atoms with van der Waals surface area (Å²) < 4.78 is 0. The van der Waals surface area contributed by atoms with Gasteiger partial charge >= 0.3 is 0 Å². The third-order valence-corrected chi connectivity index (χ3v) is 2.10. The first kappa shape index (κ1) is 10.9. The lowest BCUT2D eigenvalue weighted by Crippen LogP contribution is -2.26. The fourth-order valence-corrected chi connectivity index (χ4v) is 1.20. The number of benzene rings is 1. The van der Waals surface area contributed by atoms with Crippen LogP contribution < -0.4 is 0 Å². The summed E-state index contributed by atoms with van der Waals surface area (Å²) in [6.07, 6.45) is -1.00. The second kappa shape index (κ2) is 3.93. The summed E-state index contributed by atoms with van der Waals surface area (Å²) in [6.45, 7) is 5.42. The molecule has 1 unspecified atom stereocenters. The minimum Gasteiger partial charge on any atom is -0.381 e. The van der Waals surface area contributed by atoms with Crippen LogP contribution in [0.5, 0.6) is 0 Å². The molecule has 0 aliphatic heterocycles. The minimum absolute atomic E-state index is 0.149. The van der Waals surface area contributed by atoms with Crippen molar-refractivity contribution in [1.29, 1.82) is 0 Å². The van der Waals surface area contributed by atoms with Crippen molar-refractivity contribution in [3.8, 4) is 0 Å². The zero-order chi connectivity index (χ0) is 10.8. The Bertz CT molecular complexity index is 309. The van der Waals surface area contributed by atoms with Gasteiger partial charge in [0.25, 0.3) is 0 Å². The van der Waals surface area contributed by atoms with Gasteiger partial charge in [0.15, 0.2) is 5.78 Å². The third kappa shape index (κ3) is 2.42. The van der Waals surface area contributed by atoms with Gasteiger partial charge in [0, 0.05) is 5.41 Å². The highest BCUT2D eigenvalue weighted by Crippen LogP contribution is 2.25. The molecule has 0 spiro atoms. The van der Waals surface area contributed by atoms with Crippen LogP contribution >= 0.6 is 0 Å². The van der Waals surface area contributed by atoms with Crippen molar-refractivity contribution in [2.24, 2.45) is 5.41 Å². The van der Waals surface area contributed by atoms with Gasteiger partial charge in [-0.15, -0.1) is 0 Å². The van der Waals surface area contributed by atoms with Crippen molar-refractivity contribution < 1.29 is 9.90 Å². The molecule has 1 atom stereocenters. The molecule has 0 saturated carbocycles. The topological polar surface area (TPSA) is 37.3 Å². The van der Waals surface area contributed by atoms with Crippen LogP contribution in [0.2, 0.25) is 0 Å². The van der Waals surface area contributed by atoms with Crippen LogP contribution in [0.25, 0.3) is 0 Å². The molecular weight excluding hydrogens is 176 g/mol. The van der Waals surface area contributed by atoms with Gasteiger partial charge in [0.05, 0.1) is 0 Å². The Hall–Kier alpha value is -1.15. The molecule has 0 aromatic heterocycles. The standard InChI is InChI=1S/C12H16O2/c1-12(2,3)11(14)10(13)9-7-5-4-6-8-9/h4-8,10,13H,1-3H3. The number of aliphatic hydroxyl groups excluding tert-OH is 1. The second-order valence-corrected chi connectivity index (χ2v) is 4.43. The number of Topliss-reactive ketones (excluding diaryl/α,β-unsaturated/α-hetero) is 1. The summed E-state index contributed by atoms with van der Waals surface area (Å²) >= 11 is 0. The Morgan fingerprint density at radius 2 is 1.71 bits per heavy atom. The van der Waals surface area contributed by atoms with Crippen LogP contribution in [-0.4, -0.2) is 10.9 Å². The molecule has 14 heavy (non-hydrogen) atoms. The molecule has 76 valence electrons. The number of rotatable bonds is 2. The van der Waals surface area contributed by atoms with E-state index in [1.54, 1.807) is 12.1 Å². The SMILES string of the molecule is CC(C)(C)C(=O)C(O)c1ccccc1. The molecule has 1 aromatic rings. The van der Waals surface area contributed by atoms with Gasteiger partial charge in [0.2, 0.25) is 0 Å². The van der Waals surface area contributed by atoms with Gasteiger partial charge < -0.3 is 5.11 Å². The largest absolute Gasteiger partial charge is 0.381 e. The van der Waals surface area contributed by atoms with Crippen molar-refractivity contribution in [3.05, 3.63) is 35.9 Å². The molecular formula is C12H16O2. The van der Waals surface area contributed by atoms with Gasteiger partial charge in [-0.25, -0.2) is 0 Å². The van der Waals surface area contributed by atoms with E-state index in [4.69, 9.17) is 0 Å². The van der Waals surface area contributed by atoms with E-state index in [1.807, 2.05) is 39.0 Å². The zero-order valence-electron chi connectivity index (χ0n) is 8.82. The molecule has 1 N–H and O–H groups in total. The van der Waals surface area contributed by atoms with E-state index in [0.717, 1.165) is 0 Å². The Kier molecular flexibility index (Phi) is 3.06. The molecule has 0 radical (unpaired) electrons. The maximum atomic E-state index is 11.7. The number of aliphatic hydroxyl groups is 1. The minimum atomic E-state index is -1.00. The van der Waals surface area contributed by atoms with Crippen LogP contribution in [0.15, 0.2) is 30.3 Å². The van der Waals surface area contributed by atoms with E-state index < -0.39 is 11.5 Å². The fraction of sp³-hybridized carbons (Fsp3) is 0.417. The van der Waals surface area contributed by atoms with Gasteiger partial charge in [-0.2, -0.15) is 0 Å². The number of carbonyl (C=O) groups is 1. The number of carbonyl (C=O) groups excluding carboxylic acids is 1. The van der Waals surface area contributed by atoms with E-state index >= 15 is 0 Å². The monoisotopic (exact) mass is 192 g/mol. The molecule has 0 fully saturated rings. The van der Waals surface area contributed by atoms with Crippen LogP contribution in [0, 0.1) is 5.41 Å². The fourth-order valence-electron chi connectivity index (χ4n) is 1.20. The van der Waals surface area contributed by atoms with Crippen LogP contribution in [0.4, 0.5) is 0 Å². The molecule has 2 heteroatoms. The van der Waals surface area contributed by atoms with Gasteiger partial charge in [-0.3, -0.25) is 4.79 Å². The van der Waals surface area contributed by atoms with Gasteiger partial charge in [-0.05, 0) is 5.56 Å². The quantitative estimate of drug-likeness (QED) is 0.780. The Morgan fingerprint density at radius 3 is 2.14 bits per heavy atom. The lowest BCUT2D eigenvalue weighted by atomic mass is 9.85. The molecule has 0 bridgehead atoms. The first-order valence-corrected chi connectivity index (χ1v) is 4.70. The van der Waals surface area contributed by atoms with Crippen molar-refractivity contribution in [2.75, 3.05) is 0 Å². The Labute approximate surface area is 84.6 Å². The maximum absolute atomic E-state index is 11.7. The smallest absolute Gasteiger partial charge is 0.171 e. The highest BCUT2D eigenvalue weighted by atomic mass is 16.3. The van der Waals surface area contributed by atoms with E-state index in [-0.39, 0.29) is 5.78 Å². The predicted octanol–water partition coefficient (Wildman–Crippen LogP) is 2.34. The average Bonchev–Trinajstić information content (AvgIpc) is 2.15. The molecule has 0 aliphatic carbocycles. The average molecular weight is 192 g/mol. The zero-order valence-corrected chi connectivity index (χ0v) is 8.82. The number of hydrogen-bond acceptors (Lipinski definition) is 2. The van der Waals surface area contributed by atoms with E-state index in [0.29, 0.717) is 5.56 Å². The summed E-state index contributed by atoms with van der Waals surface area (Å²) in [4.78, 5) is 11.7. The lowest BCUT2D eigenvalue weighted by Gasteiger charge is -2.20. The van der Waals surface area contributed by atoms with Crippen molar-refractivity contribution in [2.45, 2.75) is 26.9 Å². The summed E-state index contributed by atoms with van der Waals surface area (Å²) in [5.41, 5.74) is 0.155. The van der Waals surface area contributed by atoms with Gasteiger partial charge in [0.1, 0.15) is 6.10 Å². The highest BCUT2D eigenvalue weighted by Gasteiger charge is 2.28. The number of hydrogen-bond donors (Lipinski definition) is 1. The van der Waals surface area contributed by atoms with Crippen LogP contribution in [-0.2, 0) is 4.79 Å².